The summed E-state index contributed by atoms with van der Waals surface area (Å²) >= 11 is 0. The van der Waals surface area contributed by atoms with E-state index in [0.717, 1.165) is 18.5 Å². The quantitative estimate of drug-likeness (QED) is 0.518. The van der Waals surface area contributed by atoms with Gasteiger partial charge in [-0.1, -0.05) is 19.8 Å². The Kier molecular flexibility index (Phi) is 2.96. The van der Waals surface area contributed by atoms with Crippen molar-refractivity contribution in [2.24, 2.45) is 0 Å². The van der Waals surface area contributed by atoms with E-state index in [9.17, 15) is 0 Å². The van der Waals surface area contributed by atoms with Crippen molar-refractivity contribution in [3.8, 4) is 0 Å². The molecular formula is C8H16N4. The molecule has 1 aromatic heterocycles. The molecule has 0 unspecified atom stereocenters. The van der Waals surface area contributed by atoms with Crippen molar-refractivity contribution >= 4 is 5.82 Å². The molecule has 0 aliphatic rings. The molecule has 4 heteroatoms. The molecule has 0 atom stereocenters. The van der Waals surface area contributed by atoms with Crippen LogP contribution in [0.3, 0.4) is 0 Å². The summed E-state index contributed by atoms with van der Waals surface area (Å²) < 4.78 is 1.36. The molecule has 0 saturated carbocycles. The Balaban J connectivity index is 2.46. The molecule has 0 fully saturated rings. The number of rotatable bonds is 4. The summed E-state index contributed by atoms with van der Waals surface area (Å²) in [5.41, 5.74) is 6.58. The molecule has 0 radical (unpaired) electrons. The van der Waals surface area contributed by atoms with E-state index in [1.165, 1.54) is 17.5 Å². The zero-order valence-electron chi connectivity index (χ0n) is 7.45. The largest absolute Gasteiger partial charge is 0.382 e. The summed E-state index contributed by atoms with van der Waals surface area (Å²) in [5.74, 6) is 6.06. The highest BCUT2D eigenvalue weighted by Gasteiger charge is 2.03. The van der Waals surface area contributed by atoms with Crippen LogP contribution >= 0.6 is 0 Å². The highest BCUT2D eigenvalue weighted by molar-refractivity contribution is 5.35. The second kappa shape index (κ2) is 3.99. The van der Waals surface area contributed by atoms with E-state index < -0.39 is 0 Å². The van der Waals surface area contributed by atoms with Crippen molar-refractivity contribution in [2.75, 3.05) is 11.6 Å². The summed E-state index contributed by atoms with van der Waals surface area (Å²) in [6.45, 7) is 2.17. The lowest BCUT2D eigenvalue weighted by Gasteiger charge is -1.98. The van der Waals surface area contributed by atoms with Gasteiger partial charge in [-0.3, -0.25) is 0 Å². The van der Waals surface area contributed by atoms with Crippen LogP contribution in [0.1, 0.15) is 31.9 Å². The number of nitrogens with zero attached hydrogens (tertiary/aromatic N) is 2. The molecule has 0 saturated heterocycles. The van der Waals surface area contributed by atoms with E-state index in [1.807, 2.05) is 0 Å². The molecule has 0 amide bonds. The van der Waals surface area contributed by atoms with Crippen molar-refractivity contribution in [2.45, 2.75) is 32.6 Å². The smallest absolute Gasteiger partial charge is 0.145 e. The first kappa shape index (κ1) is 8.90. The highest BCUT2D eigenvalue weighted by Crippen LogP contribution is 2.10. The summed E-state index contributed by atoms with van der Waals surface area (Å²) in [4.78, 5) is 4.10. The Morgan fingerprint density at radius 2 is 2.25 bits per heavy atom. The maximum atomic E-state index is 5.66. The summed E-state index contributed by atoms with van der Waals surface area (Å²) in [5, 5.41) is 0. The molecule has 4 nitrogen and oxygen atoms in total. The van der Waals surface area contributed by atoms with E-state index >= 15 is 0 Å². The van der Waals surface area contributed by atoms with Crippen LogP contribution in [0.25, 0.3) is 0 Å². The lowest BCUT2D eigenvalue weighted by Crippen LogP contribution is -2.10. The van der Waals surface area contributed by atoms with Gasteiger partial charge in [-0.25, -0.2) is 9.66 Å². The molecular weight excluding hydrogens is 152 g/mol. The Hall–Kier alpha value is -1.19. The standard InChI is InChI=1S/C8H16N4/c1-2-3-4-5-7-8(9)12(10)6-11-7/h6H,2-5,9-10H2,1H3. The monoisotopic (exact) mass is 168 g/mol. The predicted molar refractivity (Wildman–Crippen MR) is 50.0 cm³/mol. The number of aromatic nitrogens is 2. The average molecular weight is 168 g/mol. The number of anilines is 1. The Morgan fingerprint density at radius 3 is 2.75 bits per heavy atom. The minimum absolute atomic E-state index is 0.589. The van der Waals surface area contributed by atoms with Crippen molar-refractivity contribution in [1.29, 1.82) is 0 Å². The van der Waals surface area contributed by atoms with Crippen molar-refractivity contribution < 1.29 is 0 Å². The Labute approximate surface area is 72.5 Å². The molecule has 12 heavy (non-hydrogen) atoms. The maximum Gasteiger partial charge on any atom is 0.145 e. The van der Waals surface area contributed by atoms with Crippen LogP contribution in [0.2, 0.25) is 0 Å². The fourth-order valence-electron chi connectivity index (χ4n) is 1.14. The average Bonchev–Trinajstić information content (AvgIpc) is 2.36. The third kappa shape index (κ3) is 1.90. The van der Waals surface area contributed by atoms with E-state index in [2.05, 4.69) is 11.9 Å². The lowest BCUT2D eigenvalue weighted by atomic mass is 10.1. The Morgan fingerprint density at radius 1 is 1.50 bits per heavy atom. The van der Waals surface area contributed by atoms with Crippen LogP contribution < -0.4 is 11.6 Å². The van der Waals surface area contributed by atoms with Gasteiger partial charge in [0.15, 0.2) is 0 Å². The zero-order chi connectivity index (χ0) is 8.97. The van der Waals surface area contributed by atoms with Crippen LogP contribution in [-0.4, -0.2) is 9.66 Å². The molecule has 1 aromatic rings. The number of nitrogen functional groups attached to an aromatic ring is 2. The molecule has 0 aromatic carbocycles. The fourth-order valence-corrected chi connectivity index (χ4v) is 1.14. The van der Waals surface area contributed by atoms with Gasteiger partial charge in [0, 0.05) is 0 Å². The van der Waals surface area contributed by atoms with Gasteiger partial charge in [0.25, 0.3) is 0 Å². The molecule has 4 N–H and O–H groups in total. The van der Waals surface area contributed by atoms with Crippen molar-refractivity contribution in [1.82, 2.24) is 9.66 Å². The van der Waals surface area contributed by atoms with Gasteiger partial charge in [-0.15, -0.1) is 0 Å². The van der Waals surface area contributed by atoms with Gasteiger partial charge in [-0.2, -0.15) is 0 Å². The van der Waals surface area contributed by atoms with Crippen LogP contribution in [0, 0.1) is 0 Å². The van der Waals surface area contributed by atoms with Crippen LogP contribution in [0.15, 0.2) is 6.33 Å². The van der Waals surface area contributed by atoms with Gasteiger partial charge < -0.3 is 11.6 Å². The van der Waals surface area contributed by atoms with Crippen LogP contribution in [0.4, 0.5) is 5.82 Å². The number of nitrogens with two attached hydrogens (primary N) is 2. The number of aryl methyl sites for hydroxylation is 1. The van der Waals surface area contributed by atoms with Crippen LogP contribution in [0.5, 0.6) is 0 Å². The normalized spacial score (nSPS) is 10.4. The first-order chi connectivity index (χ1) is 5.75. The number of hydrogen-bond acceptors (Lipinski definition) is 3. The fraction of sp³-hybridized carbons (Fsp3) is 0.625. The predicted octanol–water partition coefficient (Wildman–Crippen LogP) is 0.912. The lowest BCUT2D eigenvalue weighted by molar-refractivity contribution is 0.710. The third-order valence-electron chi connectivity index (χ3n) is 1.93. The molecule has 0 bridgehead atoms. The Bertz CT molecular complexity index is 241. The number of hydrogen-bond donors (Lipinski definition) is 2. The summed E-state index contributed by atoms with van der Waals surface area (Å²) in [6.07, 6.45) is 6.05. The van der Waals surface area contributed by atoms with Gasteiger partial charge in [0.2, 0.25) is 0 Å². The third-order valence-corrected chi connectivity index (χ3v) is 1.93. The van der Waals surface area contributed by atoms with Crippen molar-refractivity contribution in [3.05, 3.63) is 12.0 Å². The van der Waals surface area contributed by atoms with E-state index in [1.54, 1.807) is 6.33 Å². The van der Waals surface area contributed by atoms with E-state index in [4.69, 9.17) is 11.6 Å². The van der Waals surface area contributed by atoms with Gasteiger partial charge in [0.05, 0.1) is 5.69 Å². The van der Waals surface area contributed by atoms with Gasteiger partial charge in [0.1, 0.15) is 12.1 Å². The molecule has 0 aliphatic carbocycles. The second-order valence-corrected chi connectivity index (χ2v) is 2.94. The number of unbranched alkanes of at least 4 members (excludes halogenated alkanes) is 2. The zero-order valence-corrected chi connectivity index (χ0v) is 7.45. The van der Waals surface area contributed by atoms with E-state index in [0.29, 0.717) is 5.82 Å². The molecule has 0 aliphatic heterocycles. The topological polar surface area (TPSA) is 69.9 Å². The maximum absolute atomic E-state index is 5.66. The minimum Gasteiger partial charge on any atom is -0.382 e. The second-order valence-electron chi connectivity index (χ2n) is 2.94. The van der Waals surface area contributed by atoms with Gasteiger partial charge in [-0.05, 0) is 12.8 Å². The molecule has 1 rings (SSSR count). The van der Waals surface area contributed by atoms with E-state index in [-0.39, 0.29) is 0 Å². The minimum atomic E-state index is 0.589. The molecule has 0 spiro atoms. The molecule has 68 valence electrons. The van der Waals surface area contributed by atoms with Crippen molar-refractivity contribution in [3.63, 3.8) is 0 Å². The number of imidazole rings is 1. The first-order valence-electron chi connectivity index (χ1n) is 4.32. The summed E-state index contributed by atoms with van der Waals surface area (Å²) in [6, 6.07) is 0. The SMILES string of the molecule is CCCCCc1ncn(N)c1N. The highest BCUT2D eigenvalue weighted by atomic mass is 15.3. The van der Waals surface area contributed by atoms with Crippen LogP contribution in [-0.2, 0) is 6.42 Å². The van der Waals surface area contributed by atoms with Gasteiger partial charge >= 0.3 is 0 Å². The summed E-state index contributed by atoms with van der Waals surface area (Å²) in [7, 11) is 0. The molecule has 1 heterocycles. The first-order valence-corrected chi connectivity index (χ1v) is 4.32.